The molecule has 6 heterocycles. The van der Waals surface area contributed by atoms with Crippen molar-refractivity contribution >= 4 is 23.1 Å². The van der Waals surface area contributed by atoms with Gasteiger partial charge in [-0.2, -0.15) is 0 Å². The van der Waals surface area contributed by atoms with Gasteiger partial charge in [0.05, 0.1) is 6.20 Å². The molecule has 1 spiro atoms. The Balaban J connectivity index is 1.26. The molecule has 11 heteroatoms. The summed E-state index contributed by atoms with van der Waals surface area (Å²) >= 11 is 0. The number of hydrogen-bond donors (Lipinski definition) is 4. The van der Waals surface area contributed by atoms with Crippen LogP contribution in [0.4, 0.5) is 5.69 Å². The minimum absolute atomic E-state index is 0.165. The predicted octanol–water partition coefficient (Wildman–Crippen LogP) is 6.18. The third-order valence-electron chi connectivity index (χ3n) is 12.0. The van der Waals surface area contributed by atoms with Crippen LogP contribution in [0.1, 0.15) is 91.8 Å². The number of anilines is 1. The Morgan fingerprint density at radius 1 is 1.06 bits per heavy atom. The van der Waals surface area contributed by atoms with Gasteiger partial charge in [-0.05, 0) is 53.5 Å². The number of aliphatic hydroxyl groups is 1. The molecular weight excluding hydrogens is 670 g/mol. The smallest absolute Gasteiger partial charge is 0.252 e. The number of carbonyl (C=O) groups is 2. The first-order valence-corrected chi connectivity index (χ1v) is 18.5. The number of fused-ring (bicyclic) bond motifs is 7. The second-order valence-electron chi connectivity index (χ2n) is 15.1. The van der Waals surface area contributed by atoms with Crippen molar-refractivity contribution < 1.29 is 28.3 Å². The number of amides is 2. The number of carbonyl (C=O) groups excluding carboxylic acids is 2. The highest BCUT2D eigenvalue weighted by Crippen LogP contribution is 2.61. The average molecular weight is 710 g/mol. The number of hydrogen-bond acceptors (Lipinski definition) is 9. The summed E-state index contributed by atoms with van der Waals surface area (Å²) in [6, 6.07) is 16.9. The molecule has 0 saturated carbocycles. The molecule has 1 aliphatic carbocycles. The number of nitrogens with zero attached hydrogens (tertiary/aromatic N) is 2. The van der Waals surface area contributed by atoms with E-state index in [-0.39, 0.29) is 31.1 Å². The summed E-state index contributed by atoms with van der Waals surface area (Å²) in [5, 5.41) is 21.0. The Morgan fingerprint density at radius 2 is 1.87 bits per heavy atom. The molecule has 5 aliphatic rings. The Morgan fingerprint density at radius 3 is 2.68 bits per heavy atom. The number of nitrogens with one attached hydrogen (secondary N) is 3. The highest BCUT2D eigenvalue weighted by molar-refractivity contribution is 5.97. The first-order valence-electron chi connectivity index (χ1n) is 18.5. The van der Waals surface area contributed by atoms with E-state index in [0.29, 0.717) is 28.9 Å². The molecular formula is C42H39N5O6. The number of para-hydroxylation sites is 1. The molecule has 5 aromatic rings. The maximum absolute atomic E-state index is 14.3. The van der Waals surface area contributed by atoms with Gasteiger partial charge < -0.3 is 34.6 Å². The molecule has 10 bridgehead atoms. The van der Waals surface area contributed by atoms with Gasteiger partial charge in [0, 0.05) is 34.4 Å². The second kappa shape index (κ2) is 11.2. The maximum atomic E-state index is 14.3. The van der Waals surface area contributed by atoms with Gasteiger partial charge >= 0.3 is 0 Å². The van der Waals surface area contributed by atoms with Crippen molar-refractivity contribution in [2.45, 2.75) is 82.7 Å². The highest BCUT2D eigenvalue weighted by atomic mass is 16.5. The summed E-state index contributed by atoms with van der Waals surface area (Å²) in [6.45, 7) is 7.47. The van der Waals surface area contributed by atoms with Crippen molar-refractivity contribution in [1.82, 2.24) is 20.6 Å². The highest BCUT2D eigenvalue weighted by Gasteiger charge is 2.61. The first kappa shape index (κ1) is 32.0. The van der Waals surface area contributed by atoms with Gasteiger partial charge in [0.25, 0.3) is 5.91 Å². The lowest BCUT2D eigenvalue weighted by Crippen LogP contribution is -2.55. The Hall–Kier alpha value is -5.68. The molecule has 53 heavy (non-hydrogen) atoms. The number of aromatic nitrogens is 2. The Kier molecular flexibility index (Phi) is 6.74. The van der Waals surface area contributed by atoms with Gasteiger partial charge in [-0.3, -0.25) is 9.59 Å². The summed E-state index contributed by atoms with van der Waals surface area (Å²) < 4.78 is 20.5. The lowest BCUT2D eigenvalue weighted by molar-refractivity contribution is -0.143. The topological polar surface area (TPSA) is 152 Å². The first-order chi connectivity index (χ1) is 25.6. The van der Waals surface area contributed by atoms with Crippen LogP contribution < -0.4 is 20.7 Å². The normalized spacial score (nSPS) is 22.8. The van der Waals surface area contributed by atoms with Crippen molar-refractivity contribution in [2.24, 2.45) is 5.92 Å². The molecule has 0 fully saturated rings. The van der Waals surface area contributed by atoms with E-state index in [4.69, 9.17) is 23.5 Å². The summed E-state index contributed by atoms with van der Waals surface area (Å²) in [5.74, 6) is 1.20. The zero-order chi connectivity index (χ0) is 36.4. The van der Waals surface area contributed by atoms with Gasteiger partial charge in [0.1, 0.15) is 28.8 Å². The Labute approximate surface area is 305 Å². The molecule has 0 saturated heterocycles. The number of benzene rings is 3. The van der Waals surface area contributed by atoms with Crippen LogP contribution in [0, 0.1) is 5.92 Å². The van der Waals surface area contributed by atoms with E-state index in [1.165, 1.54) is 5.56 Å². The molecule has 10 rings (SSSR count). The van der Waals surface area contributed by atoms with Gasteiger partial charge in [-0.15, -0.1) is 0 Å². The zero-order valence-corrected chi connectivity index (χ0v) is 29.9. The lowest BCUT2D eigenvalue weighted by atomic mass is 9.72. The summed E-state index contributed by atoms with van der Waals surface area (Å²) in [5.41, 5.74) is 6.69. The fraction of sp³-hybridized carbons (Fsp3) is 0.333. The summed E-state index contributed by atoms with van der Waals surface area (Å²) in [6.07, 6.45) is 4.68. The van der Waals surface area contributed by atoms with Gasteiger partial charge in [-0.25, -0.2) is 9.97 Å². The van der Waals surface area contributed by atoms with E-state index in [9.17, 15) is 14.7 Å². The van der Waals surface area contributed by atoms with Gasteiger partial charge in [0.2, 0.25) is 17.7 Å². The van der Waals surface area contributed by atoms with E-state index >= 15 is 0 Å². The van der Waals surface area contributed by atoms with Crippen molar-refractivity contribution in [3.63, 3.8) is 0 Å². The summed E-state index contributed by atoms with van der Waals surface area (Å²) in [4.78, 5) is 37.8. The van der Waals surface area contributed by atoms with E-state index < -0.39 is 41.1 Å². The molecule has 3 aromatic carbocycles. The third-order valence-corrected chi connectivity index (χ3v) is 12.0. The predicted molar refractivity (Wildman–Crippen MR) is 196 cm³/mol. The van der Waals surface area contributed by atoms with Crippen LogP contribution in [0.5, 0.6) is 5.75 Å². The van der Waals surface area contributed by atoms with Crippen LogP contribution in [0.3, 0.4) is 0 Å². The zero-order valence-electron chi connectivity index (χ0n) is 29.9. The van der Waals surface area contributed by atoms with Crippen LogP contribution in [-0.4, -0.2) is 44.8 Å². The quantitative estimate of drug-likeness (QED) is 0.168. The molecule has 4 N–H and O–H groups in total. The molecule has 0 radical (unpaired) electrons. The van der Waals surface area contributed by atoms with Crippen LogP contribution in [0.15, 0.2) is 75.7 Å². The van der Waals surface area contributed by atoms with Crippen LogP contribution >= 0.6 is 0 Å². The standard InChI is InChI=1S/C42H39N5O6/c1-5-41(50,6-2)39(49)44-28-18-21-13-16-29-27(17-21)42-26-12-8-11-24(33(26)47-40(42)52-29)23-10-7-9-22-14-15-25(31(22)23)30-19-43-37(51-30)34-35(42)53-38(46-34)32(20(3)4)45-36(28)48/h7-13,15-17,19-20,28,32,40,47,50H,5-6,14,18H2,1-4H3,(H,44,49)(H,45,48)/t28?,32-,40-,42?/m0/s1. The number of allylic oxidation sites excluding steroid dienone is 1. The number of oxazole rings is 2. The van der Waals surface area contributed by atoms with E-state index in [1.54, 1.807) is 20.0 Å². The molecule has 268 valence electrons. The third kappa shape index (κ3) is 4.31. The fourth-order valence-electron chi connectivity index (χ4n) is 8.97. The van der Waals surface area contributed by atoms with Crippen molar-refractivity contribution in [1.29, 1.82) is 0 Å². The monoisotopic (exact) mass is 709 g/mol. The molecule has 4 aliphatic heterocycles. The minimum Gasteiger partial charge on any atom is -0.469 e. The largest absolute Gasteiger partial charge is 0.469 e. The van der Waals surface area contributed by atoms with Crippen LogP contribution in [-0.2, 0) is 27.8 Å². The molecule has 2 aromatic heterocycles. The van der Waals surface area contributed by atoms with Crippen molar-refractivity contribution in [3.05, 3.63) is 112 Å². The van der Waals surface area contributed by atoms with Crippen LogP contribution in [0.25, 0.3) is 28.3 Å². The van der Waals surface area contributed by atoms with Gasteiger partial charge in [-0.1, -0.05) is 82.3 Å². The van der Waals surface area contributed by atoms with Crippen molar-refractivity contribution in [2.75, 3.05) is 5.32 Å². The maximum Gasteiger partial charge on any atom is 0.252 e. The minimum atomic E-state index is -1.61. The number of ether oxygens (including phenoxy) is 1. The second-order valence-corrected chi connectivity index (χ2v) is 15.1. The SMILES string of the molecule is CCC(O)(CC)C(=O)NC1Cc2ccc3c(c2)C24c5cccc(c5N[C@H]2O3)-c2cccc3c2C(=CC3)c2cnc(o2)-c2nc(oc24)[C@H](C(C)C)NC1=O. The fourth-order valence-corrected chi connectivity index (χ4v) is 8.97. The van der Waals surface area contributed by atoms with E-state index in [1.807, 2.05) is 32.0 Å². The van der Waals surface area contributed by atoms with E-state index in [0.717, 1.165) is 51.1 Å². The molecule has 2 unspecified atom stereocenters. The molecule has 2 amide bonds. The number of rotatable bonds is 5. The Bertz CT molecular complexity index is 2420. The van der Waals surface area contributed by atoms with Gasteiger partial charge in [0.15, 0.2) is 23.4 Å². The average Bonchev–Trinajstić information content (AvgIpc) is 3.99. The summed E-state index contributed by atoms with van der Waals surface area (Å²) in [7, 11) is 0. The van der Waals surface area contributed by atoms with E-state index in [2.05, 4.69) is 58.4 Å². The van der Waals surface area contributed by atoms with Crippen LogP contribution in [0.2, 0.25) is 0 Å². The molecule has 11 nitrogen and oxygen atoms in total. The lowest BCUT2D eigenvalue weighted by Gasteiger charge is -2.30. The molecule has 4 atom stereocenters. The van der Waals surface area contributed by atoms with Crippen molar-refractivity contribution in [3.8, 4) is 28.5 Å².